The summed E-state index contributed by atoms with van der Waals surface area (Å²) in [5.41, 5.74) is 1.10. The third kappa shape index (κ3) is 3.46. The van der Waals surface area contributed by atoms with Gasteiger partial charge in [0.1, 0.15) is 0 Å². The topological polar surface area (TPSA) is 37.4 Å². The summed E-state index contributed by atoms with van der Waals surface area (Å²) in [4.78, 5) is 8.62. The fourth-order valence-corrected chi connectivity index (χ4v) is 3.76. The molecule has 4 nitrogen and oxygen atoms in total. The molecule has 1 aliphatic rings. The zero-order chi connectivity index (χ0) is 13.7. The molecular weight excluding hydrogens is 258 g/mol. The molecule has 108 valence electrons. The summed E-state index contributed by atoms with van der Waals surface area (Å²) in [6, 6.07) is 0.675. The molecule has 1 aromatic rings. The molecule has 1 unspecified atom stereocenters. The van der Waals surface area contributed by atoms with Crippen LogP contribution in [0.25, 0.3) is 0 Å². The van der Waals surface area contributed by atoms with E-state index < -0.39 is 0 Å². The molecule has 0 saturated carbocycles. The van der Waals surface area contributed by atoms with Gasteiger partial charge in [0, 0.05) is 31.1 Å². The molecule has 0 aliphatic carbocycles. The molecule has 1 aliphatic heterocycles. The molecule has 1 N–H and O–H groups in total. The summed E-state index contributed by atoms with van der Waals surface area (Å²) in [7, 11) is 1.74. The van der Waals surface area contributed by atoms with Gasteiger partial charge in [-0.2, -0.15) is 0 Å². The van der Waals surface area contributed by atoms with Crippen molar-refractivity contribution in [1.29, 1.82) is 0 Å². The standard InChI is InChI=1S/C14H25N3OS/c1-4-11-7-6-8-17(11)14-16-12(10-18-3)13(19-14)9-15-5-2/h11,15H,4-10H2,1-3H3. The quantitative estimate of drug-likeness (QED) is 0.835. The summed E-state index contributed by atoms with van der Waals surface area (Å²) < 4.78 is 5.28. The number of nitrogens with zero attached hydrogens (tertiary/aromatic N) is 2. The lowest BCUT2D eigenvalue weighted by molar-refractivity contribution is 0.181. The highest BCUT2D eigenvalue weighted by molar-refractivity contribution is 7.15. The van der Waals surface area contributed by atoms with Crippen molar-refractivity contribution in [3.05, 3.63) is 10.6 Å². The fourth-order valence-electron chi connectivity index (χ4n) is 2.63. The maximum Gasteiger partial charge on any atom is 0.186 e. The molecule has 1 aromatic heterocycles. The van der Waals surface area contributed by atoms with Gasteiger partial charge in [0.25, 0.3) is 0 Å². The van der Waals surface area contributed by atoms with Gasteiger partial charge in [-0.15, -0.1) is 11.3 Å². The summed E-state index contributed by atoms with van der Waals surface area (Å²) >= 11 is 1.83. The van der Waals surface area contributed by atoms with E-state index in [-0.39, 0.29) is 0 Å². The Balaban J connectivity index is 2.16. The van der Waals surface area contributed by atoms with E-state index in [1.165, 1.54) is 29.3 Å². The van der Waals surface area contributed by atoms with E-state index in [4.69, 9.17) is 9.72 Å². The van der Waals surface area contributed by atoms with Gasteiger partial charge < -0.3 is 15.0 Å². The van der Waals surface area contributed by atoms with Crippen LogP contribution in [0.1, 0.15) is 43.7 Å². The number of anilines is 1. The van der Waals surface area contributed by atoms with Crippen LogP contribution in [0.4, 0.5) is 5.13 Å². The van der Waals surface area contributed by atoms with E-state index in [0.717, 1.165) is 25.3 Å². The van der Waals surface area contributed by atoms with E-state index in [9.17, 15) is 0 Å². The second-order valence-corrected chi connectivity index (χ2v) is 6.04. The highest BCUT2D eigenvalue weighted by atomic mass is 32.1. The molecular formula is C14H25N3OS. The van der Waals surface area contributed by atoms with Crippen LogP contribution >= 0.6 is 11.3 Å². The monoisotopic (exact) mass is 283 g/mol. The van der Waals surface area contributed by atoms with Crippen molar-refractivity contribution in [1.82, 2.24) is 10.3 Å². The molecule has 5 heteroatoms. The normalized spacial score (nSPS) is 19.3. The molecule has 1 fully saturated rings. The molecule has 1 saturated heterocycles. The second-order valence-electron chi connectivity index (χ2n) is 4.98. The summed E-state index contributed by atoms with van der Waals surface area (Å²) in [6.07, 6.45) is 3.81. The number of hydrogen-bond donors (Lipinski definition) is 1. The number of thiazole rings is 1. The summed E-state index contributed by atoms with van der Waals surface area (Å²) in [5, 5.41) is 4.57. The van der Waals surface area contributed by atoms with Gasteiger partial charge >= 0.3 is 0 Å². The SMILES string of the molecule is CCNCc1sc(N2CCCC2CC)nc1COC. The van der Waals surface area contributed by atoms with Crippen molar-refractivity contribution in [2.75, 3.05) is 25.1 Å². The van der Waals surface area contributed by atoms with Gasteiger partial charge in [0.05, 0.1) is 12.3 Å². The number of rotatable bonds is 7. The molecule has 0 bridgehead atoms. The van der Waals surface area contributed by atoms with Crippen LogP contribution in [-0.4, -0.2) is 31.2 Å². The van der Waals surface area contributed by atoms with Crippen LogP contribution in [-0.2, 0) is 17.9 Å². The first-order valence-electron chi connectivity index (χ1n) is 7.25. The van der Waals surface area contributed by atoms with Crippen molar-refractivity contribution >= 4 is 16.5 Å². The highest BCUT2D eigenvalue weighted by Gasteiger charge is 2.26. The van der Waals surface area contributed by atoms with Gasteiger partial charge in [-0.05, 0) is 25.8 Å². The highest BCUT2D eigenvalue weighted by Crippen LogP contribution is 2.33. The number of nitrogens with one attached hydrogen (secondary N) is 1. The lowest BCUT2D eigenvalue weighted by Crippen LogP contribution is -2.28. The average molecular weight is 283 g/mol. The van der Waals surface area contributed by atoms with Gasteiger partial charge in [-0.25, -0.2) is 4.98 Å². The molecule has 0 radical (unpaired) electrons. The van der Waals surface area contributed by atoms with Crippen molar-refractivity contribution < 1.29 is 4.74 Å². The minimum atomic E-state index is 0.613. The van der Waals surface area contributed by atoms with E-state index in [0.29, 0.717) is 12.6 Å². The molecule has 0 amide bonds. The van der Waals surface area contributed by atoms with Crippen molar-refractivity contribution in [2.24, 2.45) is 0 Å². The number of hydrogen-bond acceptors (Lipinski definition) is 5. The van der Waals surface area contributed by atoms with Crippen LogP contribution < -0.4 is 10.2 Å². The molecule has 1 atom stereocenters. The van der Waals surface area contributed by atoms with Crippen molar-refractivity contribution in [3.8, 4) is 0 Å². The van der Waals surface area contributed by atoms with Crippen LogP contribution in [0.15, 0.2) is 0 Å². The minimum absolute atomic E-state index is 0.613. The zero-order valence-electron chi connectivity index (χ0n) is 12.2. The Bertz CT molecular complexity index is 394. The predicted molar refractivity (Wildman–Crippen MR) is 80.9 cm³/mol. The Hall–Kier alpha value is -0.650. The Kier molecular flexibility index (Phi) is 5.60. The second kappa shape index (κ2) is 7.22. The first kappa shape index (κ1) is 14.8. The Morgan fingerprint density at radius 2 is 2.32 bits per heavy atom. The van der Waals surface area contributed by atoms with Crippen LogP contribution in [0, 0.1) is 0 Å². The van der Waals surface area contributed by atoms with E-state index in [1.807, 2.05) is 11.3 Å². The van der Waals surface area contributed by atoms with Gasteiger partial charge in [-0.1, -0.05) is 13.8 Å². The van der Waals surface area contributed by atoms with Crippen molar-refractivity contribution in [2.45, 2.75) is 52.3 Å². The zero-order valence-corrected chi connectivity index (χ0v) is 13.1. The lowest BCUT2D eigenvalue weighted by atomic mass is 10.2. The molecule has 0 spiro atoms. The predicted octanol–water partition coefficient (Wildman–Crippen LogP) is 2.78. The number of aromatic nitrogens is 1. The van der Waals surface area contributed by atoms with Crippen molar-refractivity contribution in [3.63, 3.8) is 0 Å². The van der Waals surface area contributed by atoms with Gasteiger partial charge in [-0.3, -0.25) is 0 Å². The third-order valence-electron chi connectivity index (χ3n) is 3.68. The Morgan fingerprint density at radius 1 is 1.47 bits per heavy atom. The van der Waals surface area contributed by atoms with Gasteiger partial charge in [0.2, 0.25) is 0 Å². The van der Waals surface area contributed by atoms with Gasteiger partial charge in [0.15, 0.2) is 5.13 Å². The third-order valence-corrected chi connectivity index (χ3v) is 4.81. The fraction of sp³-hybridized carbons (Fsp3) is 0.786. The largest absolute Gasteiger partial charge is 0.378 e. The molecule has 19 heavy (non-hydrogen) atoms. The number of ether oxygens (including phenoxy) is 1. The van der Waals surface area contributed by atoms with Crippen LogP contribution in [0.5, 0.6) is 0 Å². The smallest absolute Gasteiger partial charge is 0.186 e. The first-order chi connectivity index (χ1) is 9.30. The van der Waals surface area contributed by atoms with E-state index in [1.54, 1.807) is 7.11 Å². The maximum absolute atomic E-state index is 5.28. The summed E-state index contributed by atoms with van der Waals surface area (Å²) in [5.74, 6) is 0. The molecule has 2 rings (SSSR count). The van der Waals surface area contributed by atoms with E-state index in [2.05, 4.69) is 24.1 Å². The lowest BCUT2D eigenvalue weighted by Gasteiger charge is -2.22. The molecule has 2 heterocycles. The van der Waals surface area contributed by atoms with Crippen LogP contribution in [0.2, 0.25) is 0 Å². The first-order valence-corrected chi connectivity index (χ1v) is 8.06. The maximum atomic E-state index is 5.28. The Labute approximate surface area is 120 Å². The average Bonchev–Trinajstić information content (AvgIpc) is 3.02. The van der Waals surface area contributed by atoms with Crippen LogP contribution in [0.3, 0.4) is 0 Å². The summed E-state index contributed by atoms with van der Waals surface area (Å²) in [6.45, 7) is 8.05. The molecule has 0 aromatic carbocycles. The minimum Gasteiger partial charge on any atom is -0.378 e. The van der Waals surface area contributed by atoms with E-state index >= 15 is 0 Å². The number of methoxy groups -OCH3 is 1. The Morgan fingerprint density at radius 3 is 3.00 bits per heavy atom.